The van der Waals surface area contributed by atoms with E-state index in [1.807, 2.05) is 24.3 Å². The van der Waals surface area contributed by atoms with Crippen LogP contribution in [0.2, 0.25) is 0 Å². The third kappa shape index (κ3) is 6.46. The van der Waals surface area contributed by atoms with E-state index in [2.05, 4.69) is 5.32 Å². The molecule has 3 aromatic rings. The number of carbonyl (C=O) groups is 2. The summed E-state index contributed by atoms with van der Waals surface area (Å²) in [6.07, 6.45) is 4.95. The standard InChI is InChI=1S/C28H32FN3O4S/c1-20(28(34)30-24-10-4-5-11-24)31(18-21-14-16-23(29)17-15-21)27(33)19-32(37(2,35)36)26-13-7-9-22-8-3-6-12-25(22)26/h3,6-9,12-17,20,24H,4-5,10-11,18-19H2,1-2H3,(H,30,34). The van der Waals surface area contributed by atoms with Gasteiger partial charge in [0.05, 0.1) is 11.9 Å². The molecule has 0 bridgehead atoms. The van der Waals surface area contributed by atoms with Crippen molar-refractivity contribution in [2.75, 3.05) is 17.1 Å². The molecule has 2 amide bonds. The molecule has 3 aromatic carbocycles. The lowest BCUT2D eigenvalue weighted by Gasteiger charge is -2.32. The predicted octanol–water partition coefficient (Wildman–Crippen LogP) is 4.22. The molecule has 0 spiro atoms. The van der Waals surface area contributed by atoms with Gasteiger partial charge in [0, 0.05) is 18.0 Å². The van der Waals surface area contributed by atoms with Gasteiger partial charge in [-0.15, -0.1) is 0 Å². The van der Waals surface area contributed by atoms with Crippen molar-refractivity contribution in [3.05, 3.63) is 78.1 Å². The molecule has 1 fully saturated rings. The molecular weight excluding hydrogens is 493 g/mol. The minimum atomic E-state index is -3.85. The molecular formula is C28H32FN3O4S. The zero-order chi connectivity index (χ0) is 26.6. The first-order valence-corrected chi connectivity index (χ1v) is 14.3. The van der Waals surface area contributed by atoms with E-state index < -0.39 is 34.3 Å². The molecule has 1 aliphatic rings. The second-order valence-corrected chi connectivity index (χ2v) is 11.5. The molecule has 1 unspecified atom stereocenters. The number of amides is 2. The molecule has 9 heteroatoms. The third-order valence-corrected chi connectivity index (χ3v) is 7.98. The lowest BCUT2D eigenvalue weighted by molar-refractivity contribution is -0.139. The summed E-state index contributed by atoms with van der Waals surface area (Å²) in [7, 11) is -3.85. The summed E-state index contributed by atoms with van der Waals surface area (Å²) in [5.41, 5.74) is 1.02. The topological polar surface area (TPSA) is 86.8 Å². The Balaban J connectivity index is 1.65. The average molecular weight is 526 g/mol. The van der Waals surface area contributed by atoms with Crippen molar-refractivity contribution in [3.63, 3.8) is 0 Å². The number of benzene rings is 3. The van der Waals surface area contributed by atoms with Gasteiger partial charge in [-0.05, 0) is 48.9 Å². The van der Waals surface area contributed by atoms with Crippen LogP contribution in [0.1, 0.15) is 38.2 Å². The van der Waals surface area contributed by atoms with Crippen molar-refractivity contribution in [1.29, 1.82) is 0 Å². The second kappa shape index (κ2) is 11.3. The summed E-state index contributed by atoms with van der Waals surface area (Å²) in [5, 5.41) is 4.56. The molecule has 0 saturated heterocycles. The van der Waals surface area contributed by atoms with Crippen LogP contribution in [0.25, 0.3) is 10.8 Å². The number of hydrogen-bond donors (Lipinski definition) is 1. The largest absolute Gasteiger partial charge is 0.352 e. The summed E-state index contributed by atoms with van der Waals surface area (Å²) in [6.45, 7) is 1.19. The van der Waals surface area contributed by atoms with Crippen molar-refractivity contribution < 1.29 is 22.4 Å². The SMILES string of the molecule is CC(C(=O)NC1CCCC1)N(Cc1ccc(F)cc1)C(=O)CN(c1cccc2ccccc12)S(C)(=O)=O. The molecule has 1 N–H and O–H groups in total. The Labute approximate surface area is 217 Å². The Morgan fingerprint density at radius 1 is 1.00 bits per heavy atom. The van der Waals surface area contributed by atoms with E-state index >= 15 is 0 Å². The molecule has 0 radical (unpaired) electrons. The number of nitrogens with zero attached hydrogens (tertiary/aromatic N) is 2. The highest BCUT2D eigenvalue weighted by atomic mass is 32.2. The van der Waals surface area contributed by atoms with Gasteiger partial charge in [0.2, 0.25) is 21.8 Å². The molecule has 4 rings (SSSR count). The fraction of sp³-hybridized carbons (Fsp3) is 0.357. The molecule has 0 heterocycles. The molecule has 7 nitrogen and oxygen atoms in total. The first kappa shape index (κ1) is 26.6. The first-order valence-electron chi connectivity index (χ1n) is 12.4. The molecule has 1 aliphatic carbocycles. The number of halogens is 1. The van der Waals surface area contributed by atoms with E-state index in [9.17, 15) is 22.4 Å². The van der Waals surface area contributed by atoms with E-state index in [4.69, 9.17) is 0 Å². The van der Waals surface area contributed by atoms with Gasteiger partial charge in [-0.2, -0.15) is 0 Å². The average Bonchev–Trinajstić information content (AvgIpc) is 3.38. The second-order valence-electron chi connectivity index (χ2n) is 9.58. The number of sulfonamides is 1. The minimum Gasteiger partial charge on any atom is -0.352 e. The lowest BCUT2D eigenvalue weighted by atomic mass is 10.1. The zero-order valence-electron chi connectivity index (χ0n) is 21.1. The fourth-order valence-electron chi connectivity index (χ4n) is 4.78. The Morgan fingerprint density at radius 2 is 1.65 bits per heavy atom. The van der Waals surface area contributed by atoms with E-state index in [-0.39, 0.29) is 18.5 Å². The summed E-state index contributed by atoms with van der Waals surface area (Å²) in [6, 6.07) is 17.5. The fourth-order valence-corrected chi connectivity index (χ4v) is 5.64. The first-order chi connectivity index (χ1) is 17.6. The third-order valence-electron chi connectivity index (χ3n) is 6.85. The maximum absolute atomic E-state index is 13.7. The van der Waals surface area contributed by atoms with E-state index in [0.29, 0.717) is 16.6 Å². The Hall–Kier alpha value is -3.46. The van der Waals surface area contributed by atoms with Crippen LogP contribution in [0.4, 0.5) is 10.1 Å². The predicted molar refractivity (Wildman–Crippen MR) is 143 cm³/mol. The highest BCUT2D eigenvalue weighted by Crippen LogP contribution is 2.29. The van der Waals surface area contributed by atoms with E-state index in [0.717, 1.165) is 41.6 Å². The molecule has 0 aliphatic heterocycles. The quantitative estimate of drug-likeness (QED) is 0.453. The summed E-state index contributed by atoms with van der Waals surface area (Å²) < 4.78 is 40.4. The van der Waals surface area contributed by atoms with Crippen LogP contribution in [0.15, 0.2) is 66.7 Å². The smallest absolute Gasteiger partial charge is 0.244 e. The molecule has 1 saturated carbocycles. The Kier molecular flexibility index (Phi) is 8.12. The van der Waals surface area contributed by atoms with Gasteiger partial charge >= 0.3 is 0 Å². The van der Waals surface area contributed by atoms with Gasteiger partial charge in [0.15, 0.2) is 0 Å². The van der Waals surface area contributed by atoms with Crippen LogP contribution in [-0.2, 0) is 26.2 Å². The van der Waals surface area contributed by atoms with Crippen LogP contribution >= 0.6 is 0 Å². The van der Waals surface area contributed by atoms with Gasteiger partial charge in [0.1, 0.15) is 18.4 Å². The molecule has 0 aromatic heterocycles. The van der Waals surface area contributed by atoms with Gasteiger partial charge in [0.25, 0.3) is 0 Å². The van der Waals surface area contributed by atoms with Crippen molar-refractivity contribution in [2.24, 2.45) is 0 Å². The molecule has 37 heavy (non-hydrogen) atoms. The Morgan fingerprint density at radius 3 is 2.32 bits per heavy atom. The van der Waals surface area contributed by atoms with Gasteiger partial charge in [-0.25, -0.2) is 12.8 Å². The summed E-state index contributed by atoms with van der Waals surface area (Å²) in [5.74, 6) is -1.23. The van der Waals surface area contributed by atoms with Crippen LogP contribution < -0.4 is 9.62 Å². The van der Waals surface area contributed by atoms with E-state index in [1.54, 1.807) is 37.3 Å². The monoisotopic (exact) mass is 525 g/mol. The maximum atomic E-state index is 13.7. The zero-order valence-corrected chi connectivity index (χ0v) is 21.9. The number of carbonyl (C=O) groups excluding carboxylic acids is 2. The highest BCUT2D eigenvalue weighted by Gasteiger charge is 2.31. The number of rotatable bonds is 9. The number of hydrogen-bond acceptors (Lipinski definition) is 4. The lowest BCUT2D eigenvalue weighted by Crippen LogP contribution is -2.52. The summed E-state index contributed by atoms with van der Waals surface area (Å²) in [4.78, 5) is 28.2. The highest BCUT2D eigenvalue weighted by molar-refractivity contribution is 7.92. The normalized spacial score (nSPS) is 14.9. The van der Waals surface area contributed by atoms with Crippen molar-refractivity contribution in [1.82, 2.24) is 10.2 Å². The van der Waals surface area contributed by atoms with E-state index in [1.165, 1.54) is 17.0 Å². The van der Waals surface area contributed by atoms with Gasteiger partial charge in [-0.3, -0.25) is 13.9 Å². The number of anilines is 1. The molecule has 1 atom stereocenters. The molecule has 196 valence electrons. The minimum absolute atomic E-state index is 0.0332. The van der Waals surface area contributed by atoms with Crippen molar-refractivity contribution >= 4 is 38.3 Å². The number of fused-ring (bicyclic) bond motifs is 1. The number of nitrogens with one attached hydrogen (secondary N) is 1. The van der Waals surface area contributed by atoms with Gasteiger partial charge < -0.3 is 10.2 Å². The van der Waals surface area contributed by atoms with Crippen LogP contribution in [-0.4, -0.2) is 50.0 Å². The Bertz CT molecular complexity index is 1370. The summed E-state index contributed by atoms with van der Waals surface area (Å²) >= 11 is 0. The van der Waals surface area contributed by atoms with Crippen molar-refractivity contribution in [3.8, 4) is 0 Å². The van der Waals surface area contributed by atoms with Crippen molar-refractivity contribution in [2.45, 2.75) is 51.2 Å². The van der Waals surface area contributed by atoms with Crippen LogP contribution in [0.3, 0.4) is 0 Å². The maximum Gasteiger partial charge on any atom is 0.244 e. The van der Waals surface area contributed by atoms with Gasteiger partial charge in [-0.1, -0.05) is 61.4 Å². The van der Waals surface area contributed by atoms with Crippen LogP contribution in [0, 0.1) is 5.82 Å². The van der Waals surface area contributed by atoms with Crippen LogP contribution in [0.5, 0.6) is 0 Å².